The van der Waals surface area contributed by atoms with Crippen molar-refractivity contribution in [2.45, 2.75) is 32.9 Å². The highest BCUT2D eigenvalue weighted by molar-refractivity contribution is 7.11. The van der Waals surface area contributed by atoms with Crippen LogP contribution in [-0.4, -0.2) is 46.8 Å². The number of aliphatic hydroxyl groups is 1. The molecule has 0 saturated carbocycles. The summed E-state index contributed by atoms with van der Waals surface area (Å²) < 4.78 is 4.88. The number of hydrogen-bond donors (Lipinski definition) is 1. The van der Waals surface area contributed by atoms with Gasteiger partial charge < -0.3 is 9.84 Å². The van der Waals surface area contributed by atoms with Crippen LogP contribution in [0.5, 0.6) is 0 Å². The van der Waals surface area contributed by atoms with Crippen LogP contribution in [0.25, 0.3) is 0 Å². The molecule has 18 heavy (non-hydrogen) atoms. The Kier molecular flexibility index (Phi) is 5.25. The van der Waals surface area contributed by atoms with Gasteiger partial charge in [-0.2, -0.15) is 0 Å². The van der Waals surface area contributed by atoms with Crippen molar-refractivity contribution in [3.05, 3.63) is 16.1 Å². The monoisotopic (exact) mass is 272 g/mol. The molecule has 102 valence electrons. The molecule has 0 aliphatic carbocycles. The minimum atomic E-state index is -0.741. The van der Waals surface area contributed by atoms with Gasteiger partial charge in [-0.1, -0.05) is 0 Å². The molecular formula is C12H20N2O3S. The highest BCUT2D eigenvalue weighted by Crippen LogP contribution is 2.13. The van der Waals surface area contributed by atoms with Crippen molar-refractivity contribution in [1.29, 1.82) is 0 Å². The number of nitrogens with zero attached hydrogens (tertiary/aromatic N) is 2. The highest BCUT2D eigenvalue weighted by Gasteiger charge is 2.17. The van der Waals surface area contributed by atoms with E-state index >= 15 is 0 Å². The second kappa shape index (κ2) is 6.26. The average molecular weight is 272 g/mol. The number of esters is 1. The van der Waals surface area contributed by atoms with E-state index in [-0.39, 0.29) is 5.97 Å². The minimum absolute atomic E-state index is 0.354. The predicted molar refractivity (Wildman–Crippen MR) is 70.7 cm³/mol. The molecular weight excluding hydrogens is 252 g/mol. The lowest BCUT2D eigenvalue weighted by Crippen LogP contribution is -2.35. The van der Waals surface area contributed by atoms with E-state index < -0.39 is 5.60 Å². The molecule has 0 aliphatic heterocycles. The predicted octanol–water partition coefficient (Wildman–Crippen LogP) is 1.52. The molecule has 1 rings (SSSR count). The van der Waals surface area contributed by atoms with Crippen LogP contribution in [-0.2, 0) is 11.3 Å². The number of thiazole rings is 1. The summed E-state index contributed by atoms with van der Waals surface area (Å²) in [6, 6.07) is 0. The molecule has 1 heterocycles. The third kappa shape index (κ3) is 5.12. The molecule has 0 atom stereocenters. The Morgan fingerprint density at radius 2 is 2.28 bits per heavy atom. The van der Waals surface area contributed by atoms with Gasteiger partial charge in [-0.25, -0.2) is 9.78 Å². The van der Waals surface area contributed by atoms with Crippen LogP contribution in [0, 0.1) is 0 Å². The van der Waals surface area contributed by atoms with Crippen molar-refractivity contribution >= 4 is 17.3 Å². The Balaban J connectivity index is 2.56. The van der Waals surface area contributed by atoms with Gasteiger partial charge in [0, 0.05) is 18.5 Å². The molecule has 0 amide bonds. The molecule has 5 nitrogen and oxygen atoms in total. The van der Waals surface area contributed by atoms with E-state index in [2.05, 4.69) is 4.98 Å². The zero-order valence-electron chi connectivity index (χ0n) is 11.3. The molecule has 0 aromatic carbocycles. The molecule has 6 heteroatoms. The fraction of sp³-hybridized carbons (Fsp3) is 0.667. The summed E-state index contributed by atoms with van der Waals surface area (Å²) in [6.45, 7) is 6.78. The standard InChI is InChI=1S/C12H20N2O3S/c1-5-17-11(15)10-13-9(7-18-10)6-14(4)8-12(2,3)16/h7,16H,5-6,8H2,1-4H3. The van der Waals surface area contributed by atoms with E-state index in [0.717, 1.165) is 5.69 Å². The number of likely N-dealkylation sites (N-methyl/N-ethyl adjacent to an activating group) is 1. The quantitative estimate of drug-likeness (QED) is 0.796. The fourth-order valence-electron chi connectivity index (χ4n) is 1.66. The molecule has 0 saturated heterocycles. The summed E-state index contributed by atoms with van der Waals surface area (Å²) in [5.41, 5.74) is 0.0733. The van der Waals surface area contributed by atoms with Gasteiger partial charge in [-0.15, -0.1) is 11.3 Å². The maximum absolute atomic E-state index is 11.4. The molecule has 0 unspecified atom stereocenters. The third-order valence-corrected chi connectivity index (χ3v) is 2.96. The Hall–Kier alpha value is -0.980. The maximum atomic E-state index is 11.4. The first-order valence-corrected chi connectivity index (χ1v) is 6.72. The van der Waals surface area contributed by atoms with Gasteiger partial charge in [0.1, 0.15) is 0 Å². The largest absolute Gasteiger partial charge is 0.461 e. The Bertz CT molecular complexity index is 398. The van der Waals surface area contributed by atoms with Crippen molar-refractivity contribution in [2.75, 3.05) is 20.2 Å². The van der Waals surface area contributed by atoms with E-state index in [0.29, 0.717) is 24.7 Å². The normalized spacial score (nSPS) is 11.9. The SMILES string of the molecule is CCOC(=O)c1nc(CN(C)CC(C)(C)O)cs1. The summed E-state index contributed by atoms with van der Waals surface area (Å²) in [5.74, 6) is -0.376. The summed E-state index contributed by atoms with van der Waals surface area (Å²) in [7, 11) is 1.90. The van der Waals surface area contributed by atoms with Crippen molar-refractivity contribution < 1.29 is 14.6 Å². The van der Waals surface area contributed by atoms with Crippen LogP contribution in [0.2, 0.25) is 0 Å². The number of carbonyl (C=O) groups is 1. The topological polar surface area (TPSA) is 62.7 Å². The van der Waals surface area contributed by atoms with E-state index in [4.69, 9.17) is 4.74 Å². The second-order valence-electron chi connectivity index (χ2n) is 4.85. The summed E-state index contributed by atoms with van der Waals surface area (Å²) >= 11 is 1.28. The zero-order chi connectivity index (χ0) is 13.8. The summed E-state index contributed by atoms with van der Waals surface area (Å²) in [6.07, 6.45) is 0. The molecule has 0 fully saturated rings. The van der Waals surface area contributed by atoms with Crippen molar-refractivity contribution in [3.8, 4) is 0 Å². The lowest BCUT2D eigenvalue weighted by atomic mass is 10.1. The third-order valence-electron chi connectivity index (χ3n) is 2.09. The fourth-order valence-corrected chi connectivity index (χ4v) is 2.36. The Morgan fingerprint density at radius 3 is 2.83 bits per heavy atom. The van der Waals surface area contributed by atoms with Gasteiger partial charge in [-0.05, 0) is 27.8 Å². The second-order valence-corrected chi connectivity index (χ2v) is 5.71. The lowest BCUT2D eigenvalue weighted by Gasteiger charge is -2.24. The van der Waals surface area contributed by atoms with E-state index in [9.17, 15) is 9.90 Å². The summed E-state index contributed by atoms with van der Waals surface area (Å²) in [4.78, 5) is 17.6. The Labute approximate surface area is 111 Å². The van der Waals surface area contributed by atoms with Crippen LogP contribution < -0.4 is 0 Å². The first-order chi connectivity index (χ1) is 8.31. The van der Waals surface area contributed by atoms with Crippen LogP contribution in [0.4, 0.5) is 0 Å². The van der Waals surface area contributed by atoms with E-state index in [1.807, 2.05) is 17.3 Å². The van der Waals surface area contributed by atoms with Gasteiger partial charge in [-0.3, -0.25) is 4.90 Å². The number of ether oxygens (including phenoxy) is 1. The Morgan fingerprint density at radius 1 is 1.61 bits per heavy atom. The van der Waals surface area contributed by atoms with Gasteiger partial charge in [0.15, 0.2) is 0 Å². The first kappa shape index (κ1) is 15.1. The zero-order valence-corrected chi connectivity index (χ0v) is 12.1. The molecule has 0 bridgehead atoms. The number of hydrogen-bond acceptors (Lipinski definition) is 6. The number of carbonyl (C=O) groups excluding carboxylic acids is 1. The molecule has 1 N–H and O–H groups in total. The minimum Gasteiger partial charge on any atom is -0.461 e. The molecule has 0 radical (unpaired) electrons. The average Bonchev–Trinajstić information content (AvgIpc) is 2.63. The van der Waals surface area contributed by atoms with Crippen LogP contribution in [0.1, 0.15) is 36.3 Å². The lowest BCUT2D eigenvalue weighted by molar-refractivity contribution is 0.0419. The van der Waals surface area contributed by atoms with E-state index in [1.54, 1.807) is 20.8 Å². The van der Waals surface area contributed by atoms with Crippen LogP contribution in [0.3, 0.4) is 0 Å². The van der Waals surface area contributed by atoms with Crippen molar-refractivity contribution in [2.24, 2.45) is 0 Å². The van der Waals surface area contributed by atoms with Crippen LogP contribution >= 0.6 is 11.3 Å². The molecule has 1 aromatic rings. The van der Waals surface area contributed by atoms with Gasteiger partial charge >= 0.3 is 5.97 Å². The summed E-state index contributed by atoms with van der Waals surface area (Å²) in [5, 5.41) is 11.9. The molecule has 0 aliphatic rings. The van der Waals surface area contributed by atoms with Crippen molar-refractivity contribution in [1.82, 2.24) is 9.88 Å². The molecule has 0 spiro atoms. The maximum Gasteiger partial charge on any atom is 0.367 e. The molecule has 1 aromatic heterocycles. The van der Waals surface area contributed by atoms with Gasteiger partial charge in [0.2, 0.25) is 5.01 Å². The van der Waals surface area contributed by atoms with E-state index in [1.165, 1.54) is 11.3 Å². The van der Waals surface area contributed by atoms with Crippen LogP contribution in [0.15, 0.2) is 5.38 Å². The van der Waals surface area contributed by atoms with Crippen molar-refractivity contribution in [3.63, 3.8) is 0 Å². The number of aromatic nitrogens is 1. The first-order valence-electron chi connectivity index (χ1n) is 5.84. The van der Waals surface area contributed by atoms with Gasteiger partial charge in [0.25, 0.3) is 0 Å². The highest BCUT2D eigenvalue weighted by atomic mass is 32.1. The smallest absolute Gasteiger partial charge is 0.367 e. The van der Waals surface area contributed by atoms with Gasteiger partial charge in [0.05, 0.1) is 17.9 Å². The number of rotatable bonds is 6.